The first-order valence-electron chi connectivity index (χ1n) is 7.61. The van der Waals surface area contributed by atoms with Crippen LogP contribution in [0.1, 0.15) is 27.7 Å². The molecule has 0 amide bonds. The smallest absolute Gasteiger partial charge is 0.162 e. The molecule has 0 aliphatic carbocycles. The molecule has 1 N–H and O–H groups in total. The van der Waals surface area contributed by atoms with Crippen LogP contribution in [0.4, 0.5) is 5.69 Å². The summed E-state index contributed by atoms with van der Waals surface area (Å²) in [6.45, 7) is 11.0. The molecular weight excluding hydrogens is 264 g/mol. The molecule has 0 bridgehead atoms. The third-order valence-corrected chi connectivity index (χ3v) is 4.22. The molecule has 21 heavy (non-hydrogen) atoms. The molecule has 0 saturated carbocycles. The van der Waals surface area contributed by atoms with Crippen molar-refractivity contribution in [2.75, 3.05) is 32.2 Å². The molecule has 4 heteroatoms. The van der Waals surface area contributed by atoms with E-state index in [0.717, 1.165) is 24.6 Å². The van der Waals surface area contributed by atoms with Crippen molar-refractivity contribution in [3.05, 3.63) is 18.2 Å². The zero-order valence-electron chi connectivity index (χ0n) is 14.1. The first-order chi connectivity index (χ1) is 9.88. The summed E-state index contributed by atoms with van der Waals surface area (Å²) in [7, 11) is 3.35. The Kier molecular flexibility index (Phi) is 4.67. The van der Waals surface area contributed by atoms with E-state index in [-0.39, 0.29) is 5.54 Å². The number of nitrogens with zero attached hydrogens (tertiary/aromatic N) is 1. The highest BCUT2D eigenvalue weighted by atomic mass is 16.5. The minimum absolute atomic E-state index is 0.110. The average Bonchev–Trinajstić information content (AvgIpc) is 2.45. The summed E-state index contributed by atoms with van der Waals surface area (Å²) in [5.41, 5.74) is 1.30. The van der Waals surface area contributed by atoms with Gasteiger partial charge in [-0.05, 0) is 31.9 Å². The lowest BCUT2D eigenvalue weighted by molar-refractivity contribution is 0.276. The summed E-state index contributed by atoms with van der Waals surface area (Å²) in [4.78, 5) is 2.49. The Balaban J connectivity index is 2.35. The van der Waals surface area contributed by atoms with Gasteiger partial charge in [-0.25, -0.2) is 0 Å². The van der Waals surface area contributed by atoms with E-state index in [2.05, 4.69) is 50.0 Å². The van der Waals surface area contributed by atoms with Crippen LogP contribution < -0.4 is 19.7 Å². The van der Waals surface area contributed by atoms with Gasteiger partial charge in [0.15, 0.2) is 11.5 Å². The van der Waals surface area contributed by atoms with Crippen LogP contribution >= 0.6 is 0 Å². The predicted molar refractivity (Wildman–Crippen MR) is 87.6 cm³/mol. The maximum atomic E-state index is 5.45. The van der Waals surface area contributed by atoms with Gasteiger partial charge in [-0.1, -0.05) is 13.8 Å². The van der Waals surface area contributed by atoms with Crippen LogP contribution in [-0.4, -0.2) is 38.9 Å². The monoisotopic (exact) mass is 292 g/mol. The number of anilines is 1. The number of methoxy groups -OCH3 is 2. The zero-order valence-corrected chi connectivity index (χ0v) is 14.1. The highest BCUT2D eigenvalue weighted by Crippen LogP contribution is 2.34. The lowest BCUT2D eigenvalue weighted by atomic mass is 9.92. The van der Waals surface area contributed by atoms with Gasteiger partial charge in [-0.3, -0.25) is 0 Å². The van der Waals surface area contributed by atoms with Crippen LogP contribution in [0.25, 0.3) is 0 Å². The maximum absolute atomic E-state index is 5.45. The zero-order chi connectivity index (χ0) is 15.6. The van der Waals surface area contributed by atoms with Crippen molar-refractivity contribution in [1.82, 2.24) is 5.32 Å². The quantitative estimate of drug-likeness (QED) is 0.925. The molecule has 1 aliphatic rings. The van der Waals surface area contributed by atoms with E-state index in [0.29, 0.717) is 12.0 Å². The van der Waals surface area contributed by atoms with Crippen molar-refractivity contribution in [3.63, 3.8) is 0 Å². The number of benzene rings is 1. The molecule has 1 aliphatic heterocycles. The van der Waals surface area contributed by atoms with Gasteiger partial charge in [-0.15, -0.1) is 0 Å². The van der Waals surface area contributed by atoms with E-state index < -0.39 is 0 Å². The van der Waals surface area contributed by atoms with Gasteiger partial charge in [-0.2, -0.15) is 0 Å². The summed E-state index contributed by atoms with van der Waals surface area (Å²) in [6.07, 6.45) is 0. The summed E-state index contributed by atoms with van der Waals surface area (Å²) in [5.74, 6) is 2.15. The number of rotatable bonds is 4. The van der Waals surface area contributed by atoms with Gasteiger partial charge in [0.2, 0.25) is 0 Å². The molecule has 1 aromatic rings. The molecule has 0 aromatic heterocycles. The standard InChI is InChI=1S/C17H28N2O2/c1-12(2)14-10-18-17(3,4)11-19(14)13-7-8-15(20-5)16(9-13)21-6/h7-9,12,14,18H,10-11H2,1-6H3. The predicted octanol–water partition coefficient (Wildman–Crippen LogP) is 2.92. The topological polar surface area (TPSA) is 33.7 Å². The van der Waals surface area contributed by atoms with Gasteiger partial charge in [0.1, 0.15) is 0 Å². The van der Waals surface area contributed by atoms with E-state index in [1.165, 1.54) is 5.69 Å². The van der Waals surface area contributed by atoms with E-state index in [1.54, 1.807) is 14.2 Å². The summed E-state index contributed by atoms with van der Waals surface area (Å²) in [5, 5.41) is 3.64. The Bertz CT molecular complexity index is 486. The van der Waals surface area contributed by atoms with E-state index in [9.17, 15) is 0 Å². The van der Waals surface area contributed by atoms with Crippen LogP contribution in [-0.2, 0) is 0 Å². The fourth-order valence-electron chi connectivity index (χ4n) is 2.97. The third-order valence-electron chi connectivity index (χ3n) is 4.22. The molecule has 1 unspecified atom stereocenters. The van der Waals surface area contributed by atoms with Crippen molar-refractivity contribution >= 4 is 5.69 Å². The van der Waals surface area contributed by atoms with E-state index in [1.807, 2.05) is 6.07 Å². The second-order valence-corrected chi connectivity index (χ2v) is 6.74. The lowest BCUT2D eigenvalue weighted by Crippen LogP contribution is -2.63. The SMILES string of the molecule is COc1ccc(N2CC(C)(C)NCC2C(C)C)cc1OC. The first kappa shape index (κ1) is 16.0. The van der Waals surface area contributed by atoms with Gasteiger partial charge < -0.3 is 19.7 Å². The van der Waals surface area contributed by atoms with Gasteiger partial charge in [0.05, 0.1) is 14.2 Å². The molecule has 2 rings (SSSR count). The number of ether oxygens (including phenoxy) is 2. The molecule has 1 heterocycles. The van der Waals surface area contributed by atoms with Crippen molar-refractivity contribution in [2.24, 2.45) is 5.92 Å². The fourth-order valence-corrected chi connectivity index (χ4v) is 2.97. The number of piperazine rings is 1. The highest BCUT2D eigenvalue weighted by molar-refractivity contribution is 5.57. The molecule has 1 aromatic carbocycles. The molecule has 0 spiro atoms. The van der Waals surface area contributed by atoms with Crippen LogP contribution in [0, 0.1) is 5.92 Å². The Morgan fingerprint density at radius 3 is 2.43 bits per heavy atom. The highest BCUT2D eigenvalue weighted by Gasteiger charge is 2.34. The number of hydrogen-bond donors (Lipinski definition) is 1. The van der Waals surface area contributed by atoms with Crippen LogP contribution in [0.15, 0.2) is 18.2 Å². The summed E-state index contributed by atoms with van der Waals surface area (Å²) >= 11 is 0. The molecule has 1 fully saturated rings. The number of hydrogen-bond acceptors (Lipinski definition) is 4. The minimum atomic E-state index is 0.110. The summed E-state index contributed by atoms with van der Waals surface area (Å²) < 4.78 is 10.8. The van der Waals surface area contributed by atoms with Gasteiger partial charge in [0, 0.05) is 36.4 Å². The Morgan fingerprint density at radius 2 is 1.86 bits per heavy atom. The molecule has 1 saturated heterocycles. The second kappa shape index (κ2) is 6.14. The summed E-state index contributed by atoms with van der Waals surface area (Å²) in [6, 6.07) is 6.67. The van der Waals surface area contributed by atoms with Gasteiger partial charge in [0.25, 0.3) is 0 Å². The van der Waals surface area contributed by atoms with Crippen LogP contribution in [0.5, 0.6) is 11.5 Å². The van der Waals surface area contributed by atoms with Gasteiger partial charge >= 0.3 is 0 Å². The molecule has 4 nitrogen and oxygen atoms in total. The van der Waals surface area contributed by atoms with E-state index >= 15 is 0 Å². The van der Waals surface area contributed by atoms with Crippen molar-refractivity contribution < 1.29 is 9.47 Å². The van der Waals surface area contributed by atoms with Crippen molar-refractivity contribution in [3.8, 4) is 11.5 Å². The van der Waals surface area contributed by atoms with Crippen LogP contribution in [0.3, 0.4) is 0 Å². The minimum Gasteiger partial charge on any atom is -0.493 e. The largest absolute Gasteiger partial charge is 0.493 e. The lowest BCUT2D eigenvalue weighted by Gasteiger charge is -2.47. The second-order valence-electron chi connectivity index (χ2n) is 6.74. The average molecular weight is 292 g/mol. The normalized spacial score (nSPS) is 21.5. The van der Waals surface area contributed by atoms with Crippen molar-refractivity contribution in [1.29, 1.82) is 0 Å². The molecular formula is C17H28N2O2. The molecule has 1 atom stereocenters. The molecule has 0 radical (unpaired) electrons. The Hall–Kier alpha value is -1.42. The number of nitrogens with one attached hydrogen (secondary N) is 1. The Labute approximate surface area is 128 Å². The first-order valence-corrected chi connectivity index (χ1v) is 7.61. The Morgan fingerprint density at radius 1 is 1.19 bits per heavy atom. The van der Waals surface area contributed by atoms with Crippen molar-refractivity contribution in [2.45, 2.75) is 39.3 Å². The molecule has 118 valence electrons. The van der Waals surface area contributed by atoms with Crippen LogP contribution in [0.2, 0.25) is 0 Å². The fraction of sp³-hybridized carbons (Fsp3) is 0.647. The van der Waals surface area contributed by atoms with E-state index in [4.69, 9.17) is 9.47 Å². The maximum Gasteiger partial charge on any atom is 0.162 e. The third kappa shape index (κ3) is 3.43.